The molecule has 0 heterocycles. The number of rotatable bonds is 5. The summed E-state index contributed by atoms with van der Waals surface area (Å²) in [6.45, 7) is 12.8. The second kappa shape index (κ2) is 7.90. The maximum atomic E-state index is 6.39. The van der Waals surface area contributed by atoms with Gasteiger partial charge in [-0.25, -0.2) is 0 Å². The van der Waals surface area contributed by atoms with Crippen molar-refractivity contribution in [3.8, 4) is 0 Å². The van der Waals surface area contributed by atoms with Crippen LogP contribution in [-0.2, 0) is 0 Å². The average Bonchev–Trinajstić information content (AvgIpc) is 2.99. The molecule has 0 aliphatic heterocycles. The lowest BCUT2D eigenvalue weighted by atomic mass is 9.44. The highest BCUT2D eigenvalue weighted by Crippen LogP contribution is 2.68. The van der Waals surface area contributed by atoms with E-state index < -0.39 is 0 Å². The van der Waals surface area contributed by atoms with Crippen molar-refractivity contribution in [2.24, 2.45) is 58.0 Å². The molecule has 1 heteroatoms. The van der Waals surface area contributed by atoms with Crippen molar-refractivity contribution >= 4 is 0 Å². The molecule has 0 spiro atoms. The summed E-state index contributed by atoms with van der Waals surface area (Å²) in [5, 5.41) is 0. The van der Waals surface area contributed by atoms with Crippen molar-refractivity contribution in [2.75, 3.05) is 0 Å². The van der Waals surface area contributed by atoms with Crippen LogP contribution >= 0.6 is 0 Å². The predicted octanol–water partition coefficient (Wildman–Crippen LogP) is 7.44. The van der Waals surface area contributed by atoms with Gasteiger partial charge in [0.05, 0.1) is 0 Å². The topological polar surface area (TPSA) is 26.0 Å². The van der Waals surface area contributed by atoms with Gasteiger partial charge in [-0.3, -0.25) is 0 Å². The smallest absolute Gasteiger partial charge is 0.00418 e. The Hall–Kier alpha value is -0.0400. The highest BCUT2D eigenvalue weighted by atomic mass is 14.7. The SMILES string of the molecule is CC(C)CCC[C@@H](C)[C@H]1CC[C@H]2[C@@H]3CC[C@H]4CC(N)CC[C@]4(C)C3CCC12C. The summed E-state index contributed by atoms with van der Waals surface area (Å²) in [6, 6.07) is 0.492. The lowest BCUT2D eigenvalue weighted by Gasteiger charge is -2.61. The van der Waals surface area contributed by atoms with Gasteiger partial charge < -0.3 is 5.73 Å². The van der Waals surface area contributed by atoms with Crippen LogP contribution in [0, 0.1) is 52.3 Å². The molecule has 162 valence electrons. The molecule has 0 aromatic rings. The highest BCUT2D eigenvalue weighted by molar-refractivity contribution is 5.09. The third kappa shape index (κ3) is 3.50. The van der Waals surface area contributed by atoms with Gasteiger partial charge in [0.15, 0.2) is 0 Å². The maximum absolute atomic E-state index is 6.39. The summed E-state index contributed by atoms with van der Waals surface area (Å²) in [5.74, 6) is 6.79. The molecule has 0 bridgehead atoms. The monoisotopic (exact) mass is 387 g/mol. The van der Waals surface area contributed by atoms with Crippen LogP contribution in [-0.4, -0.2) is 6.04 Å². The Morgan fingerprint density at radius 3 is 2.29 bits per heavy atom. The normalized spacial score (nSPS) is 49.4. The van der Waals surface area contributed by atoms with Crippen molar-refractivity contribution in [3.05, 3.63) is 0 Å². The van der Waals surface area contributed by atoms with Gasteiger partial charge in [0.1, 0.15) is 0 Å². The van der Waals surface area contributed by atoms with E-state index in [0.29, 0.717) is 16.9 Å². The molecule has 4 aliphatic carbocycles. The van der Waals surface area contributed by atoms with Crippen LogP contribution in [0.5, 0.6) is 0 Å². The molecular weight excluding hydrogens is 338 g/mol. The van der Waals surface area contributed by atoms with E-state index in [1.807, 2.05) is 0 Å². The molecule has 1 nitrogen and oxygen atoms in total. The van der Waals surface area contributed by atoms with E-state index >= 15 is 0 Å². The summed E-state index contributed by atoms with van der Waals surface area (Å²) in [4.78, 5) is 0. The van der Waals surface area contributed by atoms with Crippen molar-refractivity contribution < 1.29 is 0 Å². The zero-order valence-corrected chi connectivity index (χ0v) is 19.7. The lowest BCUT2D eigenvalue weighted by Crippen LogP contribution is -2.54. The minimum absolute atomic E-state index is 0.492. The van der Waals surface area contributed by atoms with Gasteiger partial charge in [-0.1, -0.05) is 53.9 Å². The zero-order chi connectivity index (χ0) is 20.1. The fraction of sp³-hybridized carbons (Fsp3) is 1.00. The third-order valence-electron chi connectivity index (χ3n) is 10.9. The number of hydrogen-bond acceptors (Lipinski definition) is 1. The maximum Gasteiger partial charge on any atom is 0.00418 e. The molecule has 0 aromatic heterocycles. The fourth-order valence-corrected chi connectivity index (χ4v) is 9.32. The van der Waals surface area contributed by atoms with E-state index in [2.05, 4.69) is 34.6 Å². The van der Waals surface area contributed by atoms with E-state index in [1.165, 1.54) is 77.0 Å². The molecule has 4 rings (SSSR count). The summed E-state index contributed by atoms with van der Waals surface area (Å²) >= 11 is 0. The molecule has 0 aromatic carbocycles. The molecular formula is C27H49N. The van der Waals surface area contributed by atoms with Gasteiger partial charge in [-0.2, -0.15) is 0 Å². The highest BCUT2D eigenvalue weighted by Gasteiger charge is 2.60. The van der Waals surface area contributed by atoms with Gasteiger partial charge in [-0.15, -0.1) is 0 Å². The third-order valence-corrected chi connectivity index (χ3v) is 10.9. The minimum Gasteiger partial charge on any atom is -0.328 e. The van der Waals surface area contributed by atoms with Crippen LogP contribution in [0.15, 0.2) is 0 Å². The number of fused-ring (bicyclic) bond motifs is 5. The second-order valence-electron chi connectivity index (χ2n) is 12.7. The van der Waals surface area contributed by atoms with Crippen LogP contribution < -0.4 is 5.73 Å². The van der Waals surface area contributed by atoms with Crippen molar-refractivity contribution in [3.63, 3.8) is 0 Å². The van der Waals surface area contributed by atoms with Crippen LogP contribution in [0.3, 0.4) is 0 Å². The molecule has 2 N–H and O–H groups in total. The van der Waals surface area contributed by atoms with Crippen LogP contribution in [0.2, 0.25) is 0 Å². The summed E-state index contributed by atoms with van der Waals surface area (Å²) < 4.78 is 0. The molecule has 28 heavy (non-hydrogen) atoms. The number of nitrogens with two attached hydrogens (primary N) is 1. The van der Waals surface area contributed by atoms with Gasteiger partial charge in [0, 0.05) is 6.04 Å². The summed E-state index contributed by atoms with van der Waals surface area (Å²) in [5.41, 5.74) is 7.64. The van der Waals surface area contributed by atoms with E-state index in [-0.39, 0.29) is 0 Å². The van der Waals surface area contributed by atoms with Gasteiger partial charge in [0.25, 0.3) is 0 Å². The molecule has 0 amide bonds. The van der Waals surface area contributed by atoms with Crippen molar-refractivity contribution in [1.82, 2.24) is 0 Å². The molecule has 3 unspecified atom stereocenters. The van der Waals surface area contributed by atoms with Gasteiger partial charge >= 0.3 is 0 Å². The molecule has 0 radical (unpaired) electrons. The predicted molar refractivity (Wildman–Crippen MR) is 121 cm³/mol. The largest absolute Gasteiger partial charge is 0.328 e. The first-order valence-electron chi connectivity index (χ1n) is 13.0. The van der Waals surface area contributed by atoms with E-state index in [9.17, 15) is 0 Å². The zero-order valence-electron chi connectivity index (χ0n) is 19.7. The second-order valence-corrected chi connectivity index (χ2v) is 12.7. The molecule has 4 saturated carbocycles. The number of hydrogen-bond donors (Lipinski definition) is 1. The van der Waals surface area contributed by atoms with E-state index in [1.54, 1.807) is 0 Å². The fourth-order valence-electron chi connectivity index (χ4n) is 9.32. The first-order valence-corrected chi connectivity index (χ1v) is 13.0. The first-order chi connectivity index (χ1) is 13.3. The Kier molecular flexibility index (Phi) is 5.98. The van der Waals surface area contributed by atoms with Crippen LogP contribution in [0.1, 0.15) is 112 Å². The Morgan fingerprint density at radius 2 is 1.54 bits per heavy atom. The lowest BCUT2D eigenvalue weighted by molar-refractivity contribution is -0.116. The standard InChI is InChI=1S/C27H49N/c1-18(2)7-6-8-19(3)23-11-12-24-22-10-9-20-17-21(28)13-15-26(20,4)25(22)14-16-27(23,24)5/h18-25H,6-17,28H2,1-5H3/t19-,20+,21?,22+,23-,24+,25?,26+,27?/m1/s1. The molecule has 0 saturated heterocycles. The van der Waals surface area contributed by atoms with Crippen molar-refractivity contribution in [2.45, 2.75) is 118 Å². The van der Waals surface area contributed by atoms with Crippen molar-refractivity contribution in [1.29, 1.82) is 0 Å². The first kappa shape index (κ1) is 21.2. The Bertz CT molecular complexity index is 540. The quantitative estimate of drug-likeness (QED) is 0.521. The Morgan fingerprint density at radius 1 is 0.821 bits per heavy atom. The summed E-state index contributed by atoms with van der Waals surface area (Å²) in [7, 11) is 0. The van der Waals surface area contributed by atoms with E-state index in [4.69, 9.17) is 5.73 Å². The Labute approximate surface area is 176 Å². The van der Waals surface area contributed by atoms with Crippen LogP contribution in [0.25, 0.3) is 0 Å². The minimum atomic E-state index is 0.492. The summed E-state index contributed by atoms with van der Waals surface area (Å²) in [6.07, 6.45) is 17.5. The molecule has 4 fully saturated rings. The van der Waals surface area contributed by atoms with Gasteiger partial charge in [0.2, 0.25) is 0 Å². The Balaban J connectivity index is 1.46. The van der Waals surface area contributed by atoms with Gasteiger partial charge in [-0.05, 0) is 110 Å². The van der Waals surface area contributed by atoms with Crippen LogP contribution in [0.4, 0.5) is 0 Å². The average molecular weight is 388 g/mol. The molecule has 9 atom stereocenters. The van der Waals surface area contributed by atoms with E-state index in [0.717, 1.165) is 41.4 Å². The molecule has 4 aliphatic rings.